The molecule has 1 N–H and O–H groups in total. The highest BCUT2D eigenvalue weighted by Crippen LogP contribution is 2.21. The maximum Gasteiger partial charge on any atom is 0.253 e. The molecular formula is C22H30Cl2N4O4. The number of ether oxygens (including phenoxy) is 1. The molecule has 3 rings (SSSR count). The van der Waals surface area contributed by atoms with Gasteiger partial charge in [-0.2, -0.15) is 0 Å². The minimum atomic E-state index is -0.690. The van der Waals surface area contributed by atoms with Gasteiger partial charge in [-0.1, -0.05) is 37.0 Å². The Balaban J connectivity index is 1.55. The van der Waals surface area contributed by atoms with Crippen molar-refractivity contribution in [1.82, 2.24) is 20.0 Å². The van der Waals surface area contributed by atoms with Gasteiger partial charge in [0.1, 0.15) is 6.04 Å². The number of morpholine rings is 1. The second kappa shape index (κ2) is 11.3. The Morgan fingerprint density at radius 3 is 2.22 bits per heavy atom. The van der Waals surface area contributed by atoms with Crippen molar-refractivity contribution < 1.29 is 19.1 Å². The SMILES string of the molecule is CC(C)C(NC(=O)c1ccc(Cl)cc1Cl)C(=O)N1CCN(C(=O)CN2CCOCC2)CC1. The van der Waals surface area contributed by atoms with Crippen molar-refractivity contribution >= 4 is 40.9 Å². The van der Waals surface area contributed by atoms with Crippen molar-refractivity contribution in [3.8, 4) is 0 Å². The number of piperazine rings is 1. The predicted octanol–water partition coefficient (Wildman–Crippen LogP) is 1.75. The number of nitrogens with one attached hydrogen (secondary N) is 1. The van der Waals surface area contributed by atoms with E-state index in [1.165, 1.54) is 6.07 Å². The quantitative estimate of drug-likeness (QED) is 0.664. The fraction of sp³-hybridized carbons (Fsp3) is 0.591. The van der Waals surface area contributed by atoms with Crippen molar-refractivity contribution in [1.29, 1.82) is 0 Å². The first-order valence-electron chi connectivity index (χ1n) is 10.9. The second-order valence-electron chi connectivity index (χ2n) is 8.41. The van der Waals surface area contributed by atoms with Gasteiger partial charge in [-0.3, -0.25) is 19.3 Å². The highest BCUT2D eigenvalue weighted by Gasteiger charge is 2.32. The van der Waals surface area contributed by atoms with Crippen LogP contribution in [0.15, 0.2) is 18.2 Å². The molecule has 32 heavy (non-hydrogen) atoms. The second-order valence-corrected chi connectivity index (χ2v) is 9.26. The van der Waals surface area contributed by atoms with E-state index in [1.54, 1.807) is 21.9 Å². The summed E-state index contributed by atoms with van der Waals surface area (Å²) in [7, 11) is 0. The van der Waals surface area contributed by atoms with Gasteiger partial charge in [0.25, 0.3) is 5.91 Å². The maximum absolute atomic E-state index is 13.2. The Labute approximate surface area is 198 Å². The minimum Gasteiger partial charge on any atom is -0.379 e. The summed E-state index contributed by atoms with van der Waals surface area (Å²) in [5.74, 6) is -0.611. The van der Waals surface area contributed by atoms with Crippen LogP contribution in [0.5, 0.6) is 0 Å². The maximum atomic E-state index is 13.2. The van der Waals surface area contributed by atoms with Gasteiger partial charge < -0.3 is 19.9 Å². The monoisotopic (exact) mass is 484 g/mol. The molecule has 0 aliphatic carbocycles. The third kappa shape index (κ3) is 6.34. The van der Waals surface area contributed by atoms with Crippen molar-refractivity contribution in [3.05, 3.63) is 33.8 Å². The number of hydrogen-bond acceptors (Lipinski definition) is 5. The van der Waals surface area contributed by atoms with Crippen LogP contribution in [0.1, 0.15) is 24.2 Å². The average Bonchev–Trinajstić information content (AvgIpc) is 2.77. The minimum absolute atomic E-state index is 0.0742. The number of rotatable bonds is 6. The molecule has 0 spiro atoms. The lowest BCUT2D eigenvalue weighted by atomic mass is 10.0. The zero-order chi connectivity index (χ0) is 23.3. The number of carbonyl (C=O) groups excluding carboxylic acids is 3. The van der Waals surface area contributed by atoms with Crippen LogP contribution in [0.4, 0.5) is 0 Å². The van der Waals surface area contributed by atoms with Gasteiger partial charge in [0.05, 0.1) is 30.3 Å². The van der Waals surface area contributed by atoms with Crippen LogP contribution >= 0.6 is 23.2 Å². The number of nitrogens with zero attached hydrogens (tertiary/aromatic N) is 3. The molecule has 0 saturated carbocycles. The lowest BCUT2D eigenvalue weighted by Crippen LogP contribution is -2.58. The molecular weight excluding hydrogens is 455 g/mol. The summed E-state index contributed by atoms with van der Waals surface area (Å²) in [4.78, 5) is 44.1. The third-order valence-corrected chi connectivity index (χ3v) is 6.35. The summed E-state index contributed by atoms with van der Waals surface area (Å²) in [5.41, 5.74) is 0.271. The standard InChI is InChI=1S/C22H30Cl2N4O4/c1-15(2)20(25-21(30)17-4-3-16(23)13-18(17)24)22(31)28-7-5-27(6-8-28)19(29)14-26-9-11-32-12-10-26/h3-4,13,15,20H,5-12,14H2,1-2H3,(H,25,30). The van der Waals surface area contributed by atoms with Gasteiger partial charge in [0.15, 0.2) is 0 Å². The molecule has 2 aliphatic heterocycles. The van der Waals surface area contributed by atoms with Crippen molar-refractivity contribution in [2.45, 2.75) is 19.9 Å². The first kappa shape index (κ1) is 24.8. The predicted molar refractivity (Wildman–Crippen MR) is 123 cm³/mol. The Morgan fingerprint density at radius 1 is 1.00 bits per heavy atom. The number of carbonyl (C=O) groups is 3. The van der Waals surface area contributed by atoms with E-state index in [0.29, 0.717) is 51.0 Å². The third-order valence-electron chi connectivity index (χ3n) is 5.80. The number of benzene rings is 1. The fourth-order valence-electron chi connectivity index (χ4n) is 3.83. The van der Waals surface area contributed by atoms with Gasteiger partial charge >= 0.3 is 0 Å². The molecule has 1 atom stereocenters. The van der Waals surface area contributed by atoms with E-state index in [-0.39, 0.29) is 28.3 Å². The molecule has 1 aromatic carbocycles. The molecule has 1 unspecified atom stereocenters. The van der Waals surface area contributed by atoms with Crippen LogP contribution in [0, 0.1) is 5.92 Å². The van der Waals surface area contributed by atoms with Gasteiger partial charge in [-0.25, -0.2) is 0 Å². The number of amides is 3. The molecule has 176 valence electrons. The van der Waals surface area contributed by atoms with E-state index < -0.39 is 11.9 Å². The van der Waals surface area contributed by atoms with E-state index in [9.17, 15) is 14.4 Å². The first-order valence-corrected chi connectivity index (χ1v) is 11.6. The van der Waals surface area contributed by atoms with E-state index in [4.69, 9.17) is 27.9 Å². The Morgan fingerprint density at radius 2 is 1.62 bits per heavy atom. The van der Waals surface area contributed by atoms with E-state index in [0.717, 1.165) is 13.1 Å². The normalized spacial score (nSPS) is 18.5. The molecule has 2 fully saturated rings. The molecule has 0 bridgehead atoms. The summed E-state index contributed by atoms with van der Waals surface area (Å²) in [6.45, 7) is 8.82. The van der Waals surface area contributed by atoms with Crippen LogP contribution in [0.2, 0.25) is 10.0 Å². The summed E-state index contributed by atoms with van der Waals surface area (Å²) >= 11 is 12.0. The van der Waals surface area contributed by atoms with E-state index >= 15 is 0 Å². The molecule has 8 nitrogen and oxygen atoms in total. The number of hydrogen-bond donors (Lipinski definition) is 1. The summed E-state index contributed by atoms with van der Waals surface area (Å²) in [5, 5.41) is 3.49. The number of halogens is 2. The molecule has 3 amide bonds. The largest absolute Gasteiger partial charge is 0.379 e. The highest BCUT2D eigenvalue weighted by molar-refractivity contribution is 6.36. The Kier molecular flexibility index (Phi) is 8.76. The molecule has 2 saturated heterocycles. The van der Waals surface area contributed by atoms with Crippen LogP contribution in [0.3, 0.4) is 0 Å². The van der Waals surface area contributed by atoms with E-state index in [2.05, 4.69) is 10.2 Å². The molecule has 1 aromatic rings. The highest BCUT2D eigenvalue weighted by atomic mass is 35.5. The topological polar surface area (TPSA) is 82.2 Å². The average molecular weight is 485 g/mol. The van der Waals surface area contributed by atoms with Gasteiger partial charge in [0, 0.05) is 44.3 Å². The van der Waals surface area contributed by atoms with Crippen LogP contribution in [0.25, 0.3) is 0 Å². The molecule has 2 aliphatic rings. The van der Waals surface area contributed by atoms with Gasteiger partial charge in [0.2, 0.25) is 11.8 Å². The summed E-state index contributed by atoms with van der Waals surface area (Å²) in [6, 6.07) is 3.93. The fourth-order valence-corrected chi connectivity index (χ4v) is 4.32. The molecule has 2 heterocycles. The lowest BCUT2D eigenvalue weighted by Gasteiger charge is -2.38. The molecule has 10 heteroatoms. The van der Waals surface area contributed by atoms with Crippen molar-refractivity contribution in [3.63, 3.8) is 0 Å². The summed E-state index contributed by atoms with van der Waals surface area (Å²) in [6.07, 6.45) is 0. The van der Waals surface area contributed by atoms with Crippen molar-refractivity contribution in [2.24, 2.45) is 5.92 Å². The zero-order valence-electron chi connectivity index (χ0n) is 18.5. The van der Waals surface area contributed by atoms with Gasteiger partial charge in [-0.05, 0) is 24.1 Å². The molecule has 0 aromatic heterocycles. The summed E-state index contributed by atoms with van der Waals surface area (Å²) < 4.78 is 5.32. The van der Waals surface area contributed by atoms with Crippen LogP contribution < -0.4 is 5.32 Å². The van der Waals surface area contributed by atoms with Crippen LogP contribution in [-0.4, -0.2) is 97.5 Å². The molecule has 0 radical (unpaired) electrons. The Bertz CT molecular complexity index is 837. The Hall–Kier alpha value is -1.87. The lowest BCUT2D eigenvalue weighted by molar-refractivity contribution is -0.142. The van der Waals surface area contributed by atoms with Crippen LogP contribution in [-0.2, 0) is 14.3 Å². The smallest absolute Gasteiger partial charge is 0.253 e. The van der Waals surface area contributed by atoms with Gasteiger partial charge in [-0.15, -0.1) is 0 Å². The van der Waals surface area contributed by atoms with E-state index in [1.807, 2.05) is 13.8 Å². The zero-order valence-corrected chi connectivity index (χ0v) is 20.0. The first-order chi connectivity index (χ1) is 15.3. The van der Waals surface area contributed by atoms with Crippen molar-refractivity contribution in [2.75, 3.05) is 59.0 Å².